The summed E-state index contributed by atoms with van der Waals surface area (Å²) in [6.45, 7) is 4.68. The average molecular weight is 336 g/mol. The Hall–Kier alpha value is -1.76. The summed E-state index contributed by atoms with van der Waals surface area (Å²) in [4.78, 5) is 3.66. The van der Waals surface area contributed by atoms with E-state index in [1.165, 1.54) is 85.2 Å². The second-order valence-electron chi connectivity index (χ2n) is 7.60. The van der Waals surface area contributed by atoms with Gasteiger partial charge in [-0.15, -0.1) is 0 Å². The molecule has 0 aliphatic rings. The molecular formula is C24H33N. The molecule has 0 amide bonds. The van der Waals surface area contributed by atoms with E-state index >= 15 is 0 Å². The summed E-state index contributed by atoms with van der Waals surface area (Å²) in [5.41, 5.74) is 4.08. The molecular weight excluding hydrogens is 302 g/mol. The molecule has 0 aliphatic carbocycles. The van der Waals surface area contributed by atoms with Gasteiger partial charge in [-0.25, -0.2) is 0 Å². The molecule has 1 nitrogen and oxygen atoms in total. The first-order chi connectivity index (χ1) is 12.3. The van der Waals surface area contributed by atoms with Crippen molar-refractivity contribution in [3.8, 4) is 0 Å². The number of aromatic amines is 1. The van der Waals surface area contributed by atoms with Gasteiger partial charge in [0.05, 0.1) is 0 Å². The first kappa shape index (κ1) is 18.0. The summed E-state index contributed by atoms with van der Waals surface area (Å²) in [6.07, 6.45) is 12.5. The maximum atomic E-state index is 3.66. The van der Waals surface area contributed by atoms with Crippen molar-refractivity contribution in [3.05, 3.63) is 48.0 Å². The van der Waals surface area contributed by atoms with Crippen LogP contribution in [0.3, 0.4) is 0 Å². The molecule has 0 saturated heterocycles. The van der Waals surface area contributed by atoms with Crippen LogP contribution in [-0.2, 0) is 0 Å². The number of para-hydroxylation sites is 2. The van der Waals surface area contributed by atoms with Crippen LogP contribution in [0.25, 0.3) is 21.8 Å². The topological polar surface area (TPSA) is 15.8 Å². The zero-order valence-electron chi connectivity index (χ0n) is 16.0. The summed E-state index contributed by atoms with van der Waals surface area (Å²) < 4.78 is 0. The van der Waals surface area contributed by atoms with Gasteiger partial charge in [0.15, 0.2) is 0 Å². The molecule has 0 fully saturated rings. The summed E-state index contributed by atoms with van der Waals surface area (Å²) in [5, 5.41) is 2.72. The number of benzene rings is 2. The van der Waals surface area contributed by atoms with Gasteiger partial charge in [-0.05, 0) is 24.0 Å². The van der Waals surface area contributed by atoms with Crippen LogP contribution < -0.4 is 0 Å². The lowest BCUT2D eigenvalue weighted by atomic mass is 9.93. The molecule has 1 N–H and O–H groups in total. The number of fused-ring (bicyclic) bond motifs is 3. The highest BCUT2D eigenvalue weighted by Gasteiger charge is 2.12. The predicted octanol–water partition coefficient (Wildman–Crippen LogP) is 7.96. The number of hydrogen-bond acceptors (Lipinski definition) is 0. The fourth-order valence-corrected chi connectivity index (χ4v) is 4.05. The van der Waals surface area contributed by atoms with Crippen LogP contribution >= 0.6 is 0 Å². The smallest absolute Gasteiger partial charge is 0.0500 e. The third-order valence-corrected chi connectivity index (χ3v) is 5.60. The van der Waals surface area contributed by atoms with E-state index in [0.29, 0.717) is 5.92 Å². The molecule has 1 heteroatoms. The van der Waals surface area contributed by atoms with E-state index in [4.69, 9.17) is 0 Å². The minimum absolute atomic E-state index is 0.622. The third kappa shape index (κ3) is 4.45. The van der Waals surface area contributed by atoms with Crippen molar-refractivity contribution >= 4 is 21.8 Å². The summed E-state index contributed by atoms with van der Waals surface area (Å²) in [5.74, 6) is 0.622. The van der Waals surface area contributed by atoms with E-state index in [1.807, 2.05) is 0 Å². The first-order valence-electron chi connectivity index (χ1n) is 10.3. The van der Waals surface area contributed by atoms with Crippen LogP contribution in [-0.4, -0.2) is 4.98 Å². The largest absolute Gasteiger partial charge is 0.354 e. The fraction of sp³-hybridized carbons (Fsp3) is 0.500. The first-order valence-corrected chi connectivity index (χ1v) is 10.3. The highest BCUT2D eigenvalue weighted by molar-refractivity contribution is 6.08. The minimum Gasteiger partial charge on any atom is -0.354 e. The van der Waals surface area contributed by atoms with Crippen molar-refractivity contribution in [2.24, 2.45) is 0 Å². The number of H-pyrrole nitrogens is 1. The molecule has 3 rings (SSSR count). The van der Waals surface area contributed by atoms with Gasteiger partial charge in [-0.2, -0.15) is 0 Å². The van der Waals surface area contributed by atoms with E-state index in [0.717, 1.165) is 0 Å². The number of unbranched alkanes of at least 4 members (excludes halogenated alkanes) is 7. The maximum Gasteiger partial charge on any atom is 0.0500 e. The fourth-order valence-electron chi connectivity index (χ4n) is 4.05. The second-order valence-corrected chi connectivity index (χ2v) is 7.60. The van der Waals surface area contributed by atoms with E-state index in [2.05, 4.69) is 61.3 Å². The summed E-state index contributed by atoms with van der Waals surface area (Å²) in [6, 6.07) is 15.4. The summed E-state index contributed by atoms with van der Waals surface area (Å²) >= 11 is 0. The number of nitrogens with one attached hydrogen (secondary N) is 1. The van der Waals surface area contributed by atoms with E-state index in [9.17, 15) is 0 Å². The highest BCUT2D eigenvalue weighted by atomic mass is 14.7. The van der Waals surface area contributed by atoms with Gasteiger partial charge >= 0.3 is 0 Å². The molecule has 1 aromatic heterocycles. The Morgan fingerprint density at radius 2 is 1.44 bits per heavy atom. The SMILES string of the molecule is CCCCCCCCCCC(C)c1cccc2c1[nH]c1ccccc12. The van der Waals surface area contributed by atoms with Gasteiger partial charge in [0.1, 0.15) is 0 Å². The van der Waals surface area contributed by atoms with Gasteiger partial charge < -0.3 is 4.98 Å². The molecule has 0 aliphatic heterocycles. The van der Waals surface area contributed by atoms with Gasteiger partial charge in [-0.1, -0.05) is 102 Å². The molecule has 1 atom stereocenters. The quantitative estimate of drug-likeness (QED) is 0.362. The lowest BCUT2D eigenvalue weighted by molar-refractivity contribution is 0.544. The predicted molar refractivity (Wildman–Crippen MR) is 111 cm³/mol. The van der Waals surface area contributed by atoms with Crippen LogP contribution in [0.1, 0.15) is 83.1 Å². The molecule has 25 heavy (non-hydrogen) atoms. The van der Waals surface area contributed by atoms with Crippen LogP contribution in [0.2, 0.25) is 0 Å². The molecule has 134 valence electrons. The van der Waals surface area contributed by atoms with Gasteiger partial charge in [0.2, 0.25) is 0 Å². The normalized spacial score (nSPS) is 12.9. The monoisotopic (exact) mass is 335 g/mol. The van der Waals surface area contributed by atoms with Crippen LogP contribution in [0.15, 0.2) is 42.5 Å². The number of rotatable bonds is 10. The zero-order chi connectivity index (χ0) is 17.5. The van der Waals surface area contributed by atoms with Crippen molar-refractivity contribution in [3.63, 3.8) is 0 Å². The molecule has 3 aromatic rings. The molecule has 1 heterocycles. The van der Waals surface area contributed by atoms with Crippen molar-refractivity contribution < 1.29 is 0 Å². The lowest BCUT2D eigenvalue weighted by Gasteiger charge is -2.13. The molecule has 2 aromatic carbocycles. The zero-order valence-corrected chi connectivity index (χ0v) is 16.0. The molecule has 0 spiro atoms. The summed E-state index contributed by atoms with van der Waals surface area (Å²) in [7, 11) is 0. The highest BCUT2D eigenvalue weighted by Crippen LogP contribution is 2.33. The molecule has 1 unspecified atom stereocenters. The van der Waals surface area contributed by atoms with E-state index < -0.39 is 0 Å². The second kappa shape index (κ2) is 9.08. The van der Waals surface area contributed by atoms with Gasteiger partial charge in [0, 0.05) is 21.8 Å². The molecule has 0 radical (unpaired) electrons. The maximum absolute atomic E-state index is 3.66. The Morgan fingerprint density at radius 3 is 2.24 bits per heavy atom. The minimum atomic E-state index is 0.622. The van der Waals surface area contributed by atoms with Gasteiger partial charge in [0.25, 0.3) is 0 Å². The van der Waals surface area contributed by atoms with Crippen LogP contribution in [0.5, 0.6) is 0 Å². The van der Waals surface area contributed by atoms with Crippen molar-refractivity contribution in [1.29, 1.82) is 0 Å². The Labute approximate surface area is 152 Å². The lowest BCUT2D eigenvalue weighted by Crippen LogP contribution is -1.95. The standard InChI is InChI=1S/C24H33N/c1-3-4-5-6-7-8-9-10-14-19(2)20-16-13-17-22-21-15-11-12-18-23(21)25-24(20)22/h11-13,15-19,25H,3-10,14H2,1-2H3. The van der Waals surface area contributed by atoms with Gasteiger partial charge in [-0.3, -0.25) is 0 Å². The molecule has 0 saturated carbocycles. The number of aromatic nitrogens is 1. The van der Waals surface area contributed by atoms with E-state index in [-0.39, 0.29) is 0 Å². The Morgan fingerprint density at radius 1 is 0.760 bits per heavy atom. The Kier molecular flexibility index (Phi) is 6.55. The van der Waals surface area contributed by atoms with Crippen LogP contribution in [0, 0.1) is 0 Å². The molecule has 0 bridgehead atoms. The van der Waals surface area contributed by atoms with Crippen molar-refractivity contribution in [2.45, 2.75) is 77.6 Å². The van der Waals surface area contributed by atoms with Crippen LogP contribution in [0.4, 0.5) is 0 Å². The Bertz CT molecular complexity index is 783. The van der Waals surface area contributed by atoms with Crippen molar-refractivity contribution in [1.82, 2.24) is 4.98 Å². The van der Waals surface area contributed by atoms with Crippen molar-refractivity contribution in [2.75, 3.05) is 0 Å². The average Bonchev–Trinajstić information content (AvgIpc) is 3.02. The van der Waals surface area contributed by atoms with E-state index in [1.54, 1.807) is 0 Å². The Balaban J connectivity index is 1.56. The third-order valence-electron chi connectivity index (χ3n) is 5.60. The number of hydrogen-bond donors (Lipinski definition) is 1.